The van der Waals surface area contributed by atoms with Gasteiger partial charge in [-0.1, -0.05) is 12.1 Å². The minimum absolute atomic E-state index is 0.171. The quantitative estimate of drug-likeness (QED) is 0.480. The van der Waals surface area contributed by atoms with Gasteiger partial charge in [0.15, 0.2) is 5.65 Å². The fourth-order valence-electron chi connectivity index (χ4n) is 4.19. The molecule has 1 aliphatic carbocycles. The van der Waals surface area contributed by atoms with Crippen molar-refractivity contribution in [1.29, 1.82) is 0 Å². The molecule has 0 bridgehead atoms. The zero-order valence-corrected chi connectivity index (χ0v) is 17.8. The molecule has 0 radical (unpaired) electrons. The second-order valence-electron chi connectivity index (χ2n) is 8.50. The van der Waals surface area contributed by atoms with Gasteiger partial charge in [0.1, 0.15) is 11.1 Å². The second-order valence-corrected chi connectivity index (χ2v) is 8.50. The standard InChI is InChI=1S/C23H24N6O3/c1-27-22(30)20-13-25-29(18-8-10-31-11-9-18)21(20)26-23(27)32-19-6-2-15(3-7-19)16-12-24-28(14-16)17-4-5-17/h2-3,6-7,12-14,17-18H,4-5,8-11H2,1H3. The number of hydrogen-bond acceptors (Lipinski definition) is 6. The molecule has 4 aromatic rings. The van der Waals surface area contributed by atoms with Crippen LogP contribution in [-0.4, -0.2) is 42.3 Å². The molecule has 2 aliphatic rings. The number of nitrogens with zero attached hydrogens (tertiary/aromatic N) is 6. The molecule has 1 saturated carbocycles. The molecule has 164 valence electrons. The average molecular weight is 432 g/mol. The summed E-state index contributed by atoms with van der Waals surface area (Å²) in [5.74, 6) is 0.613. The Balaban J connectivity index is 1.29. The van der Waals surface area contributed by atoms with Crippen molar-refractivity contribution >= 4 is 11.0 Å². The van der Waals surface area contributed by atoms with Crippen LogP contribution in [0.4, 0.5) is 0 Å². The number of ether oxygens (including phenoxy) is 2. The van der Waals surface area contributed by atoms with E-state index in [2.05, 4.69) is 21.4 Å². The normalized spacial score (nSPS) is 17.2. The van der Waals surface area contributed by atoms with Gasteiger partial charge in [-0.25, -0.2) is 4.68 Å². The molecule has 9 heteroatoms. The topological polar surface area (TPSA) is 89.0 Å². The molecule has 2 fully saturated rings. The van der Waals surface area contributed by atoms with Gasteiger partial charge in [0.2, 0.25) is 0 Å². The van der Waals surface area contributed by atoms with Crippen LogP contribution in [0.5, 0.6) is 11.8 Å². The lowest BCUT2D eigenvalue weighted by Crippen LogP contribution is -2.23. The molecule has 4 heterocycles. The van der Waals surface area contributed by atoms with Crippen LogP contribution < -0.4 is 10.3 Å². The molecule has 1 aliphatic heterocycles. The zero-order chi connectivity index (χ0) is 21.7. The fraction of sp³-hybridized carbons (Fsp3) is 0.391. The molecule has 1 saturated heterocycles. The largest absolute Gasteiger partial charge is 0.425 e. The van der Waals surface area contributed by atoms with E-state index in [-0.39, 0.29) is 17.6 Å². The van der Waals surface area contributed by atoms with Gasteiger partial charge in [-0.15, -0.1) is 0 Å². The van der Waals surface area contributed by atoms with Crippen LogP contribution in [0, 0.1) is 0 Å². The zero-order valence-electron chi connectivity index (χ0n) is 17.8. The molecule has 0 unspecified atom stereocenters. The van der Waals surface area contributed by atoms with Crippen molar-refractivity contribution < 1.29 is 9.47 Å². The number of fused-ring (bicyclic) bond motifs is 1. The average Bonchev–Trinajstić information content (AvgIpc) is 3.40. The lowest BCUT2D eigenvalue weighted by atomic mass is 10.1. The van der Waals surface area contributed by atoms with Crippen molar-refractivity contribution in [3.63, 3.8) is 0 Å². The van der Waals surface area contributed by atoms with Gasteiger partial charge < -0.3 is 9.47 Å². The second kappa shape index (κ2) is 7.59. The molecule has 1 aromatic carbocycles. The molecular weight excluding hydrogens is 408 g/mol. The van der Waals surface area contributed by atoms with Gasteiger partial charge in [0.05, 0.1) is 24.5 Å². The Labute approximate surface area is 184 Å². The van der Waals surface area contributed by atoms with Crippen molar-refractivity contribution in [3.8, 4) is 22.9 Å². The van der Waals surface area contributed by atoms with Crippen LogP contribution >= 0.6 is 0 Å². The molecule has 0 spiro atoms. The van der Waals surface area contributed by atoms with Crippen molar-refractivity contribution in [2.75, 3.05) is 13.2 Å². The summed E-state index contributed by atoms with van der Waals surface area (Å²) in [6.07, 6.45) is 9.69. The van der Waals surface area contributed by atoms with E-state index in [1.807, 2.05) is 39.8 Å². The van der Waals surface area contributed by atoms with Crippen molar-refractivity contribution in [2.24, 2.45) is 7.05 Å². The van der Waals surface area contributed by atoms with Gasteiger partial charge in [-0.2, -0.15) is 15.2 Å². The maximum Gasteiger partial charge on any atom is 0.306 e. The minimum atomic E-state index is -0.174. The van der Waals surface area contributed by atoms with Crippen LogP contribution in [-0.2, 0) is 11.8 Å². The first-order valence-corrected chi connectivity index (χ1v) is 11.0. The minimum Gasteiger partial charge on any atom is -0.425 e. The Kier molecular flexibility index (Phi) is 4.57. The summed E-state index contributed by atoms with van der Waals surface area (Å²) in [5.41, 5.74) is 2.53. The van der Waals surface area contributed by atoms with E-state index in [1.54, 1.807) is 13.2 Å². The summed E-state index contributed by atoms with van der Waals surface area (Å²) >= 11 is 0. The van der Waals surface area contributed by atoms with Gasteiger partial charge in [0, 0.05) is 32.0 Å². The first kappa shape index (κ1) is 19.2. The number of hydrogen-bond donors (Lipinski definition) is 0. The van der Waals surface area contributed by atoms with Crippen molar-refractivity contribution in [1.82, 2.24) is 29.1 Å². The fourth-order valence-corrected chi connectivity index (χ4v) is 4.19. The van der Waals surface area contributed by atoms with Crippen molar-refractivity contribution in [2.45, 2.75) is 37.8 Å². The van der Waals surface area contributed by atoms with Gasteiger partial charge in [0.25, 0.3) is 5.56 Å². The molecule has 0 N–H and O–H groups in total. The summed E-state index contributed by atoms with van der Waals surface area (Å²) < 4.78 is 16.8. The van der Waals surface area contributed by atoms with E-state index >= 15 is 0 Å². The summed E-state index contributed by atoms with van der Waals surface area (Å²) in [4.78, 5) is 17.6. The lowest BCUT2D eigenvalue weighted by molar-refractivity contribution is 0.0673. The van der Waals surface area contributed by atoms with E-state index in [0.717, 1.165) is 24.0 Å². The Morgan fingerprint density at radius 3 is 2.50 bits per heavy atom. The molecule has 3 aromatic heterocycles. The Hall–Kier alpha value is -3.46. The highest BCUT2D eigenvalue weighted by molar-refractivity contribution is 5.74. The Morgan fingerprint density at radius 2 is 1.75 bits per heavy atom. The predicted molar refractivity (Wildman–Crippen MR) is 118 cm³/mol. The van der Waals surface area contributed by atoms with E-state index in [4.69, 9.17) is 9.47 Å². The van der Waals surface area contributed by atoms with Crippen LogP contribution in [0.3, 0.4) is 0 Å². The molecule has 9 nitrogen and oxygen atoms in total. The lowest BCUT2D eigenvalue weighted by Gasteiger charge is -2.22. The Morgan fingerprint density at radius 1 is 0.969 bits per heavy atom. The highest BCUT2D eigenvalue weighted by atomic mass is 16.5. The summed E-state index contributed by atoms with van der Waals surface area (Å²) in [5, 5.41) is 9.41. The van der Waals surface area contributed by atoms with E-state index in [9.17, 15) is 4.79 Å². The monoisotopic (exact) mass is 432 g/mol. The highest BCUT2D eigenvalue weighted by Crippen LogP contribution is 2.35. The van der Waals surface area contributed by atoms with Crippen molar-refractivity contribution in [3.05, 3.63) is 53.2 Å². The van der Waals surface area contributed by atoms with Crippen LogP contribution in [0.15, 0.2) is 47.7 Å². The Bertz CT molecular complexity index is 1330. The van der Waals surface area contributed by atoms with Crippen LogP contribution in [0.2, 0.25) is 0 Å². The summed E-state index contributed by atoms with van der Waals surface area (Å²) in [6.45, 7) is 1.37. The molecule has 0 amide bonds. The third-order valence-corrected chi connectivity index (χ3v) is 6.25. The highest BCUT2D eigenvalue weighted by Gasteiger charge is 2.24. The van der Waals surface area contributed by atoms with E-state index in [0.29, 0.717) is 36.0 Å². The third kappa shape index (κ3) is 3.38. The third-order valence-electron chi connectivity index (χ3n) is 6.25. The van der Waals surface area contributed by atoms with E-state index in [1.165, 1.54) is 17.4 Å². The summed E-state index contributed by atoms with van der Waals surface area (Å²) in [6, 6.07) is 8.73. The molecule has 6 rings (SSSR count). The molecular formula is C23H24N6O3. The first-order valence-electron chi connectivity index (χ1n) is 11.0. The van der Waals surface area contributed by atoms with Crippen LogP contribution in [0.1, 0.15) is 37.8 Å². The maximum atomic E-state index is 12.9. The smallest absolute Gasteiger partial charge is 0.306 e. The molecule has 0 atom stereocenters. The van der Waals surface area contributed by atoms with E-state index < -0.39 is 0 Å². The number of rotatable bonds is 5. The van der Waals surface area contributed by atoms with Gasteiger partial charge in [-0.3, -0.25) is 14.0 Å². The predicted octanol–water partition coefficient (Wildman–Crippen LogP) is 3.47. The summed E-state index contributed by atoms with van der Waals surface area (Å²) in [7, 11) is 1.66. The number of benzene rings is 1. The maximum absolute atomic E-state index is 12.9. The molecule has 32 heavy (non-hydrogen) atoms. The number of aromatic nitrogens is 6. The van der Waals surface area contributed by atoms with Gasteiger partial charge in [-0.05, 0) is 43.4 Å². The first-order chi connectivity index (χ1) is 15.7. The van der Waals surface area contributed by atoms with Crippen LogP contribution in [0.25, 0.3) is 22.2 Å². The SMILES string of the molecule is Cn1c(Oc2ccc(-c3cnn(C4CC4)c3)cc2)nc2c(cnn2C2CCOCC2)c1=O. The van der Waals surface area contributed by atoms with Gasteiger partial charge >= 0.3 is 6.01 Å².